The number of carbonyl (C=O) groups is 1. The van der Waals surface area contributed by atoms with Crippen molar-refractivity contribution in [2.45, 2.75) is 105 Å². The summed E-state index contributed by atoms with van der Waals surface area (Å²) in [5, 5.41) is 0. The van der Waals surface area contributed by atoms with E-state index < -0.39 is 0 Å². The maximum Gasteiger partial charge on any atom is 0.129 e. The molecule has 0 aromatic heterocycles. The summed E-state index contributed by atoms with van der Waals surface area (Å²) in [7, 11) is 0. The van der Waals surface area contributed by atoms with Gasteiger partial charge in [0.2, 0.25) is 0 Å². The molecule has 4 saturated carbocycles. The summed E-state index contributed by atoms with van der Waals surface area (Å²) in [6.45, 7) is 9.57. The van der Waals surface area contributed by atoms with E-state index in [2.05, 4.69) is 20.8 Å². The summed E-state index contributed by atoms with van der Waals surface area (Å²) >= 11 is 0. The minimum Gasteiger partial charge on any atom is -0.300 e. The van der Waals surface area contributed by atoms with Gasteiger partial charge in [-0.3, -0.25) is 0 Å². The Balaban J connectivity index is 1.52. The normalized spacial score (nSPS) is 49.0. The molecule has 1 nitrogen and oxygen atoms in total. The maximum atomic E-state index is 11.5. The van der Waals surface area contributed by atoms with Crippen molar-refractivity contribution in [3.05, 3.63) is 0 Å². The molecule has 0 heterocycles. The van der Waals surface area contributed by atoms with Gasteiger partial charge in [-0.15, -0.1) is 0 Å². The van der Waals surface area contributed by atoms with Gasteiger partial charge < -0.3 is 4.79 Å². The van der Waals surface area contributed by atoms with Crippen LogP contribution in [0.2, 0.25) is 0 Å². The van der Waals surface area contributed by atoms with Crippen LogP contribution in [0.3, 0.4) is 0 Å². The van der Waals surface area contributed by atoms with E-state index in [1.807, 2.05) is 0 Å². The quantitative estimate of drug-likeness (QED) is 0.526. The highest BCUT2D eigenvalue weighted by molar-refractivity contribution is 5.75. The molecular weight excluding hydrogens is 316 g/mol. The third kappa shape index (κ3) is 2.91. The fourth-order valence-electron chi connectivity index (χ4n) is 8.90. The number of Topliss-reactive ketones (excluding diaryl/α,β-unsaturated/α-hetero) is 1. The minimum atomic E-state index is 0.379. The Bertz CT molecular complexity index is 538. The van der Waals surface area contributed by atoms with Crippen molar-refractivity contribution >= 4 is 5.78 Å². The van der Waals surface area contributed by atoms with E-state index in [0.29, 0.717) is 16.6 Å². The summed E-state index contributed by atoms with van der Waals surface area (Å²) in [5.74, 6) is 6.02. The van der Waals surface area contributed by atoms with E-state index in [-0.39, 0.29) is 0 Å². The van der Waals surface area contributed by atoms with Crippen molar-refractivity contribution < 1.29 is 4.79 Å². The van der Waals surface area contributed by atoms with E-state index in [9.17, 15) is 4.79 Å². The average Bonchev–Trinajstić information content (AvgIpc) is 2.96. The van der Waals surface area contributed by atoms with Gasteiger partial charge in [-0.1, -0.05) is 33.6 Å². The van der Waals surface area contributed by atoms with Gasteiger partial charge in [-0.25, -0.2) is 0 Å². The number of ketones is 1. The molecule has 0 aromatic rings. The number of hydrogen-bond donors (Lipinski definition) is 0. The minimum absolute atomic E-state index is 0.379. The Morgan fingerprint density at radius 2 is 1.69 bits per heavy atom. The van der Waals surface area contributed by atoms with E-state index in [1.54, 1.807) is 6.92 Å². The first-order chi connectivity index (χ1) is 12.4. The lowest BCUT2D eigenvalue weighted by Crippen LogP contribution is -2.53. The first-order valence-corrected chi connectivity index (χ1v) is 11.9. The first kappa shape index (κ1) is 19.0. The first-order valence-electron chi connectivity index (χ1n) is 11.9. The van der Waals surface area contributed by atoms with Crippen LogP contribution < -0.4 is 0 Å². The van der Waals surface area contributed by atoms with Crippen LogP contribution in [0.5, 0.6) is 0 Å². The van der Waals surface area contributed by atoms with Crippen LogP contribution in [0.25, 0.3) is 0 Å². The lowest BCUT2D eigenvalue weighted by Gasteiger charge is -2.61. The molecule has 4 aliphatic carbocycles. The Hall–Kier alpha value is -0.330. The molecule has 0 amide bonds. The van der Waals surface area contributed by atoms with Crippen LogP contribution in [-0.4, -0.2) is 5.78 Å². The second-order valence-electron chi connectivity index (χ2n) is 11.3. The molecule has 0 saturated heterocycles. The van der Waals surface area contributed by atoms with Crippen LogP contribution in [0.15, 0.2) is 0 Å². The average molecular weight is 359 g/mol. The second kappa shape index (κ2) is 6.93. The Kier molecular flexibility index (Phi) is 5.06. The predicted molar refractivity (Wildman–Crippen MR) is 109 cm³/mol. The van der Waals surface area contributed by atoms with E-state index in [4.69, 9.17) is 0 Å². The summed E-state index contributed by atoms with van der Waals surface area (Å²) in [5.41, 5.74) is 1.23. The molecule has 0 spiro atoms. The van der Waals surface area contributed by atoms with Crippen molar-refractivity contribution in [3.8, 4) is 0 Å². The van der Waals surface area contributed by atoms with Crippen molar-refractivity contribution in [1.82, 2.24) is 0 Å². The predicted octanol–water partition coefficient (Wildman–Crippen LogP) is 7.04. The highest BCUT2D eigenvalue weighted by Crippen LogP contribution is 2.68. The fraction of sp³-hybridized carbons (Fsp3) is 0.960. The zero-order chi connectivity index (χ0) is 18.5. The topological polar surface area (TPSA) is 17.1 Å². The monoisotopic (exact) mass is 358 g/mol. The zero-order valence-electron chi connectivity index (χ0n) is 17.9. The molecule has 1 heteroatoms. The van der Waals surface area contributed by atoms with Crippen molar-refractivity contribution in [1.29, 1.82) is 0 Å². The van der Waals surface area contributed by atoms with Gasteiger partial charge in [0.1, 0.15) is 5.78 Å². The molecule has 0 N–H and O–H groups in total. The molecule has 4 fully saturated rings. The molecule has 4 rings (SSSR count). The third-order valence-corrected chi connectivity index (χ3v) is 10.3. The molecule has 4 aliphatic rings. The second-order valence-corrected chi connectivity index (χ2v) is 11.3. The molecule has 0 aromatic carbocycles. The molecule has 0 bridgehead atoms. The lowest BCUT2D eigenvalue weighted by molar-refractivity contribution is -0.119. The molecule has 148 valence electrons. The Morgan fingerprint density at radius 3 is 2.46 bits per heavy atom. The molecule has 0 radical (unpaired) electrons. The third-order valence-electron chi connectivity index (χ3n) is 10.3. The molecule has 26 heavy (non-hydrogen) atoms. The summed E-state index contributed by atoms with van der Waals surface area (Å²) < 4.78 is 0. The van der Waals surface area contributed by atoms with Crippen LogP contribution in [0, 0.1) is 46.3 Å². The van der Waals surface area contributed by atoms with Crippen LogP contribution in [-0.2, 0) is 4.79 Å². The number of carbonyl (C=O) groups excluding carboxylic acids is 1. The number of hydrogen-bond acceptors (Lipinski definition) is 1. The van der Waals surface area contributed by atoms with Gasteiger partial charge >= 0.3 is 0 Å². The fourth-order valence-corrected chi connectivity index (χ4v) is 8.90. The summed E-state index contributed by atoms with van der Waals surface area (Å²) in [4.78, 5) is 11.5. The molecular formula is C25H42O. The smallest absolute Gasteiger partial charge is 0.129 e. The number of rotatable bonds is 4. The molecule has 0 aliphatic heterocycles. The van der Waals surface area contributed by atoms with Gasteiger partial charge in [0, 0.05) is 6.42 Å². The van der Waals surface area contributed by atoms with Crippen LogP contribution in [0.1, 0.15) is 105 Å². The van der Waals surface area contributed by atoms with Gasteiger partial charge in [0.15, 0.2) is 0 Å². The highest BCUT2D eigenvalue weighted by Gasteiger charge is 2.59. The van der Waals surface area contributed by atoms with Crippen molar-refractivity contribution in [2.75, 3.05) is 0 Å². The molecule has 8 atom stereocenters. The highest BCUT2D eigenvalue weighted by atomic mass is 16.1. The molecule has 3 unspecified atom stereocenters. The van der Waals surface area contributed by atoms with Gasteiger partial charge in [0.25, 0.3) is 0 Å². The number of fused-ring (bicyclic) bond motifs is 5. The van der Waals surface area contributed by atoms with Crippen molar-refractivity contribution in [2.24, 2.45) is 46.3 Å². The largest absolute Gasteiger partial charge is 0.300 e. The van der Waals surface area contributed by atoms with Crippen molar-refractivity contribution in [3.63, 3.8) is 0 Å². The Morgan fingerprint density at radius 1 is 0.923 bits per heavy atom. The van der Waals surface area contributed by atoms with Gasteiger partial charge in [-0.2, -0.15) is 0 Å². The van der Waals surface area contributed by atoms with Crippen LogP contribution >= 0.6 is 0 Å². The standard InChI is InChI=1S/C25H42O/c1-17(8-9-18(2)26)21-12-13-22-20-11-10-19-7-5-6-15-24(19,3)23(20)14-16-25(21,22)4/h17,19-23H,5-16H2,1-4H3/t17-,19?,20+,21-,22?,23?,24+,25-/m1/s1. The van der Waals surface area contributed by atoms with E-state index >= 15 is 0 Å². The van der Waals surface area contributed by atoms with E-state index in [0.717, 1.165) is 48.3 Å². The van der Waals surface area contributed by atoms with Gasteiger partial charge in [-0.05, 0) is 111 Å². The lowest BCUT2D eigenvalue weighted by atomic mass is 9.44. The SMILES string of the molecule is CC(=O)CC[C@@H](C)[C@H]1CCC2[C@@H]3CCC4CCCC[C@]4(C)C3CC[C@@]21C. The summed E-state index contributed by atoms with van der Waals surface area (Å²) in [6, 6.07) is 0. The van der Waals surface area contributed by atoms with E-state index in [1.165, 1.54) is 64.2 Å². The van der Waals surface area contributed by atoms with Crippen LogP contribution in [0.4, 0.5) is 0 Å². The Labute approximate surface area is 162 Å². The maximum absolute atomic E-state index is 11.5. The zero-order valence-corrected chi connectivity index (χ0v) is 17.9. The summed E-state index contributed by atoms with van der Waals surface area (Å²) in [6.07, 6.45) is 16.9. The van der Waals surface area contributed by atoms with Gasteiger partial charge in [0.05, 0.1) is 0 Å².